The van der Waals surface area contributed by atoms with Gasteiger partial charge in [-0.25, -0.2) is 9.78 Å². The van der Waals surface area contributed by atoms with Crippen LogP contribution < -0.4 is 9.64 Å². The third-order valence-corrected chi connectivity index (χ3v) is 9.10. The van der Waals surface area contributed by atoms with Crippen LogP contribution in [0.5, 0.6) is 5.75 Å². The van der Waals surface area contributed by atoms with E-state index in [4.69, 9.17) is 14.2 Å². The molecule has 3 heterocycles. The minimum Gasteiger partial charge on any atom is -0.478 e. The van der Waals surface area contributed by atoms with Crippen molar-refractivity contribution in [1.29, 1.82) is 0 Å². The number of aromatic carboxylic acids is 1. The normalized spacial score (nSPS) is 18.9. The first-order chi connectivity index (χ1) is 21.1. The third kappa shape index (κ3) is 6.46. The van der Waals surface area contributed by atoms with Crippen LogP contribution >= 0.6 is 11.3 Å². The highest BCUT2D eigenvalue weighted by Gasteiger charge is 2.37. The van der Waals surface area contributed by atoms with Gasteiger partial charge in [-0.3, -0.25) is 0 Å². The summed E-state index contributed by atoms with van der Waals surface area (Å²) in [4.78, 5) is 18.5. The Bertz CT molecular complexity index is 1650. The number of para-hydroxylation sites is 1. The first-order valence-corrected chi connectivity index (χ1v) is 15.5. The number of ether oxygens (including phenoxy) is 2. The van der Waals surface area contributed by atoms with Gasteiger partial charge in [0.05, 0.1) is 24.0 Å². The fraction of sp³-hybridized carbons (Fsp3) is 0.406. The molecule has 1 N–H and O–H groups in total. The van der Waals surface area contributed by atoms with E-state index in [1.54, 1.807) is 41.7 Å². The number of carboxylic acid groups (broad SMARTS) is 1. The van der Waals surface area contributed by atoms with Gasteiger partial charge >= 0.3 is 12.3 Å². The lowest BCUT2D eigenvalue weighted by Crippen LogP contribution is -2.44. The number of rotatable bonds is 10. The number of carbonyl (C=O) groups is 1. The molecular formula is C32H32F3N3O5S. The predicted molar refractivity (Wildman–Crippen MR) is 159 cm³/mol. The summed E-state index contributed by atoms with van der Waals surface area (Å²) in [5, 5.41) is 16.4. The van der Waals surface area contributed by atoms with Gasteiger partial charge in [0.15, 0.2) is 5.13 Å². The van der Waals surface area contributed by atoms with Gasteiger partial charge in [0.1, 0.15) is 17.2 Å². The van der Waals surface area contributed by atoms with E-state index in [1.807, 2.05) is 12.3 Å². The average Bonchev–Trinajstić information content (AvgIpc) is 3.56. The van der Waals surface area contributed by atoms with Crippen molar-refractivity contribution in [3.8, 4) is 28.3 Å². The largest absolute Gasteiger partial charge is 0.573 e. The van der Waals surface area contributed by atoms with E-state index < -0.39 is 12.3 Å². The van der Waals surface area contributed by atoms with E-state index in [9.17, 15) is 23.1 Å². The number of piperidine rings is 1. The molecule has 1 aliphatic carbocycles. The van der Waals surface area contributed by atoms with Crippen LogP contribution in [0.15, 0.2) is 52.4 Å². The Morgan fingerprint density at radius 1 is 1.16 bits per heavy atom. The lowest BCUT2D eigenvalue weighted by atomic mass is 9.97. The molecule has 1 aliphatic heterocycles. The second kappa shape index (κ2) is 12.2. The summed E-state index contributed by atoms with van der Waals surface area (Å²) in [6.07, 6.45) is -0.598. The summed E-state index contributed by atoms with van der Waals surface area (Å²) in [6.45, 7) is 4.93. The van der Waals surface area contributed by atoms with Crippen LogP contribution in [-0.2, 0) is 11.3 Å². The van der Waals surface area contributed by atoms with Crippen molar-refractivity contribution < 1.29 is 37.1 Å². The number of anilines is 1. The molecule has 1 saturated carbocycles. The monoisotopic (exact) mass is 627 g/mol. The quantitative estimate of drug-likeness (QED) is 0.188. The second-order valence-corrected chi connectivity index (χ2v) is 12.1. The lowest BCUT2D eigenvalue weighted by molar-refractivity contribution is -0.274. The summed E-state index contributed by atoms with van der Waals surface area (Å²) >= 11 is 1.56. The van der Waals surface area contributed by atoms with Gasteiger partial charge in [-0.15, -0.1) is 24.5 Å². The summed E-state index contributed by atoms with van der Waals surface area (Å²) in [5.41, 5.74) is 4.03. The molecule has 4 aromatic rings. The second-order valence-electron chi connectivity index (χ2n) is 11.3. The van der Waals surface area contributed by atoms with Crippen molar-refractivity contribution in [2.24, 2.45) is 0 Å². The van der Waals surface area contributed by atoms with Gasteiger partial charge < -0.3 is 24.0 Å². The molecule has 44 heavy (non-hydrogen) atoms. The Labute approximate surface area is 256 Å². The zero-order valence-corrected chi connectivity index (χ0v) is 25.1. The van der Waals surface area contributed by atoms with E-state index >= 15 is 0 Å². The molecule has 2 aromatic carbocycles. The number of hydrogen-bond donors (Lipinski definition) is 1. The number of benzene rings is 2. The molecule has 0 radical (unpaired) electrons. The SMILES string of the molecule is CC[C@@H]1C[C@H](OCc2c(-c3ccccc3OC(F)(F)F)noc2C2CC2)CCN1c1nc(-c2ccc(C(=O)O)cc2C)cs1. The molecule has 2 fully saturated rings. The molecule has 0 spiro atoms. The number of nitrogens with zero attached hydrogens (tertiary/aromatic N) is 3. The van der Waals surface area contributed by atoms with Gasteiger partial charge in [-0.05, 0) is 68.9 Å². The molecule has 8 nitrogen and oxygen atoms in total. The molecule has 1 saturated heterocycles. The Balaban J connectivity index is 1.16. The fourth-order valence-corrected chi connectivity index (χ4v) is 6.75. The highest BCUT2D eigenvalue weighted by Crippen LogP contribution is 2.46. The van der Waals surface area contributed by atoms with Crippen LogP contribution in [0.4, 0.5) is 18.3 Å². The van der Waals surface area contributed by atoms with Crippen molar-refractivity contribution >= 4 is 22.4 Å². The van der Waals surface area contributed by atoms with Gasteiger partial charge in [0, 0.05) is 40.6 Å². The molecule has 2 atom stereocenters. The van der Waals surface area contributed by atoms with E-state index in [0.717, 1.165) is 60.6 Å². The van der Waals surface area contributed by atoms with Crippen LogP contribution in [0, 0.1) is 6.92 Å². The van der Waals surface area contributed by atoms with Crippen molar-refractivity contribution in [3.63, 3.8) is 0 Å². The topological polar surface area (TPSA) is 97.9 Å². The van der Waals surface area contributed by atoms with E-state index in [0.29, 0.717) is 17.0 Å². The Morgan fingerprint density at radius 3 is 2.66 bits per heavy atom. The van der Waals surface area contributed by atoms with Gasteiger partial charge in [0.2, 0.25) is 0 Å². The van der Waals surface area contributed by atoms with Gasteiger partial charge in [-0.1, -0.05) is 30.3 Å². The maximum Gasteiger partial charge on any atom is 0.573 e. The molecule has 6 rings (SSSR count). The number of carboxylic acids is 1. The third-order valence-electron chi connectivity index (χ3n) is 8.22. The minimum absolute atomic E-state index is 0.0575. The highest BCUT2D eigenvalue weighted by atomic mass is 32.1. The first-order valence-electron chi connectivity index (χ1n) is 14.6. The molecule has 2 aliphatic rings. The van der Waals surface area contributed by atoms with Crippen LogP contribution in [0.25, 0.3) is 22.5 Å². The number of aromatic nitrogens is 2. The number of hydrogen-bond acceptors (Lipinski definition) is 8. The minimum atomic E-state index is -4.83. The fourth-order valence-electron chi connectivity index (χ4n) is 5.82. The molecule has 0 unspecified atom stereocenters. The standard InChI is InChI=1S/C32H32F3N3O5S/c1-3-21-15-22(12-13-38(21)31-36-26(17-44-31)23-11-10-20(30(39)40)14-18(23)2)41-16-25-28(37-43-29(25)19-8-9-19)24-6-4-5-7-27(24)42-32(33,34)35/h4-7,10-11,14,17,19,21-22H,3,8-9,12-13,15-16H2,1-2H3,(H,39,40)/t21-,22-/m1/s1. The van der Waals surface area contributed by atoms with Crippen molar-refractivity contribution in [1.82, 2.24) is 10.1 Å². The van der Waals surface area contributed by atoms with E-state index in [-0.39, 0.29) is 41.5 Å². The zero-order valence-electron chi connectivity index (χ0n) is 24.3. The molecule has 12 heteroatoms. The number of thiazole rings is 1. The Morgan fingerprint density at radius 2 is 1.95 bits per heavy atom. The molecular weight excluding hydrogens is 595 g/mol. The van der Waals surface area contributed by atoms with E-state index in [1.165, 1.54) is 12.1 Å². The van der Waals surface area contributed by atoms with Gasteiger partial charge in [0.25, 0.3) is 0 Å². The lowest BCUT2D eigenvalue weighted by Gasteiger charge is -2.39. The van der Waals surface area contributed by atoms with Gasteiger partial charge in [-0.2, -0.15) is 0 Å². The predicted octanol–water partition coefficient (Wildman–Crippen LogP) is 8.21. The Hall–Kier alpha value is -3.90. The van der Waals surface area contributed by atoms with Crippen LogP contribution in [-0.4, -0.2) is 46.3 Å². The summed E-state index contributed by atoms with van der Waals surface area (Å²) in [5.74, 6) is -0.418. The number of aryl methyl sites for hydroxylation is 1. The first kappa shape index (κ1) is 30.1. The molecule has 2 aromatic heterocycles. The van der Waals surface area contributed by atoms with Crippen LogP contribution in [0.1, 0.15) is 72.2 Å². The van der Waals surface area contributed by atoms with Crippen molar-refractivity contribution in [3.05, 3.63) is 70.3 Å². The molecule has 232 valence electrons. The van der Waals surface area contributed by atoms with Crippen molar-refractivity contribution in [2.45, 2.75) is 77.0 Å². The molecule has 0 bridgehead atoms. The highest BCUT2D eigenvalue weighted by molar-refractivity contribution is 7.14. The molecule has 0 amide bonds. The summed E-state index contributed by atoms with van der Waals surface area (Å²) < 4.78 is 55.8. The van der Waals surface area contributed by atoms with Crippen LogP contribution in [0.2, 0.25) is 0 Å². The van der Waals surface area contributed by atoms with E-state index in [2.05, 4.69) is 21.7 Å². The number of alkyl halides is 3. The maximum atomic E-state index is 13.1. The van der Waals surface area contributed by atoms with Crippen molar-refractivity contribution in [2.75, 3.05) is 11.4 Å². The van der Waals surface area contributed by atoms with Crippen LogP contribution in [0.3, 0.4) is 0 Å². The summed E-state index contributed by atoms with van der Waals surface area (Å²) in [6, 6.07) is 11.2. The smallest absolute Gasteiger partial charge is 0.478 e. The number of halogens is 3. The average molecular weight is 628 g/mol. The maximum absolute atomic E-state index is 13.1. The summed E-state index contributed by atoms with van der Waals surface area (Å²) in [7, 11) is 0. The zero-order chi connectivity index (χ0) is 31.0. The Kier molecular flexibility index (Phi) is 8.38.